The Bertz CT molecular complexity index is 400. The van der Waals surface area contributed by atoms with E-state index in [0.717, 1.165) is 37.5 Å². The summed E-state index contributed by atoms with van der Waals surface area (Å²) in [7, 11) is 2.06. The molecule has 1 atom stereocenters. The van der Waals surface area contributed by atoms with E-state index in [1.165, 1.54) is 0 Å². The summed E-state index contributed by atoms with van der Waals surface area (Å²) in [6, 6.07) is 5.75. The molecule has 0 aliphatic carbocycles. The van der Waals surface area contributed by atoms with Crippen LogP contribution in [0.1, 0.15) is 12.5 Å². The van der Waals surface area contributed by atoms with Crippen LogP contribution in [0, 0.1) is 0 Å². The zero-order chi connectivity index (χ0) is 13.3. The SMILES string of the molecule is CC1CN(C)CCN1c1ccc(C(F)(F)F)cc1. The summed E-state index contributed by atoms with van der Waals surface area (Å²) in [6.07, 6.45) is -4.26. The smallest absolute Gasteiger partial charge is 0.366 e. The van der Waals surface area contributed by atoms with Gasteiger partial charge in [0, 0.05) is 31.4 Å². The van der Waals surface area contributed by atoms with E-state index in [4.69, 9.17) is 0 Å². The van der Waals surface area contributed by atoms with Gasteiger partial charge < -0.3 is 9.80 Å². The predicted octanol–water partition coefficient (Wildman–Crippen LogP) is 2.85. The molecule has 0 amide bonds. The van der Waals surface area contributed by atoms with Crippen LogP contribution in [0.15, 0.2) is 24.3 Å². The monoisotopic (exact) mass is 258 g/mol. The fourth-order valence-electron chi connectivity index (χ4n) is 2.37. The molecule has 0 aromatic heterocycles. The maximum absolute atomic E-state index is 12.5. The van der Waals surface area contributed by atoms with Crippen molar-refractivity contribution in [3.8, 4) is 0 Å². The lowest BCUT2D eigenvalue weighted by Crippen LogP contribution is -2.50. The summed E-state index contributed by atoms with van der Waals surface area (Å²) in [4.78, 5) is 4.38. The van der Waals surface area contributed by atoms with E-state index < -0.39 is 11.7 Å². The highest BCUT2D eigenvalue weighted by molar-refractivity contribution is 5.49. The molecule has 2 nitrogen and oxygen atoms in total. The summed E-state index contributed by atoms with van der Waals surface area (Å²) in [5.41, 5.74) is 0.275. The first-order valence-electron chi connectivity index (χ1n) is 6.00. The number of rotatable bonds is 1. The molecule has 1 aliphatic heterocycles. The minimum absolute atomic E-state index is 0.320. The highest BCUT2D eigenvalue weighted by Gasteiger charge is 2.30. The van der Waals surface area contributed by atoms with E-state index in [2.05, 4.69) is 23.8 Å². The molecular weight excluding hydrogens is 241 g/mol. The number of likely N-dealkylation sites (N-methyl/N-ethyl adjacent to an activating group) is 1. The van der Waals surface area contributed by atoms with Crippen molar-refractivity contribution in [2.24, 2.45) is 0 Å². The molecule has 0 bridgehead atoms. The Hall–Kier alpha value is -1.23. The fraction of sp³-hybridized carbons (Fsp3) is 0.538. The van der Waals surface area contributed by atoms with Gasteiger partial charge in [-0.1, -0.05) is 0 Å². The van der Waals surface area contributed by atoms with E-state index in [1.54, 1.807) is 12.1 Å². The van der Waals surface area contributed by atoms with Crippen LogP contribution in [0.2, 0.25) is 0 Å². The molecule has 2 rings (SSSR count). The lowest BCUT2D eigenvalue weighted by molar-refractivity contribution is -0.137. The number of hydrogen-bond donors (Lipinski definition) is 0. The van der Waals surface area contributed by atoms with Crippen molar-refractivity contribution in [3.05, 3.63) is 29.8 Å². The van der Waals surface area contributed by atoms with Crippen LogP contribution in [0.25, 0.3) is 0 Å². The standard InChI is InChI=1S/C13H17F3N2/c1-10-9-17(2)7-8-18(10)12-5-3-11(4-6-12)13(14,15)16/h3-6,10H,7-9H2,1-2H3. The molecule has 1 aromatic rings. The summed E-state index contributed by atoms with van der Waals surface area (Å²) in [5.74, 6) is 0. The molecule has 0 radical (unpaired) electrons. The van der Waals surface area contributed by atoms with Gasteiger partial charge in [0.25, 0.3) is 0 Å². The third-order valence-electron chi connectivity index (χ3n) is 3.36. The Balaban J connectivity index is 2.15. The van der Waals surface area contributed by atoms with Crippen molar-refractivity contribution >= 4 is 5.69 Å². The highest BCUT2D eigenvalue weighted by atomic mass is 19.4. The molecule has 1 saturated heterocycles. The Labute approximate surface area is 105 Å². The van der Waals surface area contributed by atoms with Gasteiger partial charge in [-0.15, -0.1) is 0 Å². The summed E-state index contributed by atoms with van der Waals surface area (Å²) in [6.45, 7) is 4.81. The first kappa shape index (κ1) is 13.2. The first-order valence-corrected chi connectivity index (χ1v) is 6.00. The zero-order valence-electron chi connectivity index (χ0n) is 10.5. The largest absolute Gasteiger partial charge is 0.416 e. The van der Waals surface area contributed by atoms with Gasteiger partial charge in [0.2, 0.25) is 0 Å². The van der Waals surface area contributed by atoms with Crippen molar-refractivity contribution in [1.29, 1.82) is 0 Å². The Morgan fingerprint density at radius 1 is 1.11 bits per heavy atom. The van der Waals surface area contributed by atoms with Gasteiger partial charge in [-0.25, -0.2) is 0 Å². The van der Waals surface area contributed by atoms with Gasteiger partial charge in [0.15, 0.2) is 0 Å². The molecule has 1 aliphatic rings. The molecule has 1 heterocycles. The normalized spacial score (nSPS) is 22.3. The number of hydrogen-bond acceptors (Lipinski definition) is 2. The van der Waals surface area contributed by atoms with E-state index in [0.29, 0.717) is 6.04 Å². The van der Waals surface area contributed by atoms with Crippen LogP contribution >= 0.6 is 0 Å². The maximum atomic E-state index is 12.5. The Kier molecular flexibility index (Phi) is 3.52. The molecule has 0 saturated carbocycles. The fourth-order valence-corrected chi connectivity index (χ4v) is 2.37. The van der Waals surface area contributed by atoms with E-state index in [1.807, 2.05) is 0 Å². The van der Waals surface area contributed by atoms with Crippen molar-refractivity contribution in [2.45, 2.75) is 19.1 Å². The average Bonchev–Trinajstić information content (AvgIpc) is 2.28. The number of anilines is 1. The molecule has 0 spiro atoms. The van der Waals surface area contributed by atoms with Crippen molar-refractivity contribution < 1.29 is 13.2 Å². The number of piperazine rings is 1. The van der Waals surface area contributed by atoms with Gasteiger partial charge in [0.05, 0.1) is 5.56 Å². The first-order chi connectivity index (χ1) is 8.38. The van der Waals surface area contributed by atoms with Crippen LogP contribution < -0.4 is 4.90 Å². The van der Waals surface area contributed by atoms with Crippen LogP contribution in [-0.4, -0.2) is 37.6 Å². The molecule has 100 valence electrons. The molecule has 0 N–H and O–H groups in total. The average molecular weight is 258 g/mol. The number of nitrogens with zero attached hydrogens (tertiary/aromatic N) is 2. The third kappa shape index (κ3) is 2.77. The lowest BCUT2D eigenvalue weighted by atomic mass is 10.1. The minimum Gasteiger partial charge on any atom is -0.366 e. The van der Waals surface area contributed by atoms with E-state index in [-0.39, 0.29) is 0 Å². The molecule has 18 heavy (non-hydrogen) atoms. The topological polar surface area (TPSA) is 6.48 Å². The number of halogens is 3. The quantitative estimate of drug-likeness (QED) is 0.764. The molecule has 5 heteroatoms. The second kappa shape index (κ2) is 4.80. The molecule has 1 aromatic carbocycles. The van der Waals surface area contributed by atoms with Crippen molar-refractivity contribution in [3.63, 3.8) is 0 Å². The predicted molar refractivity (Wildman–Crippen MR) is 65.7 cm³/mol. The zero-order valence-corrected chi connectivity index (χ0v) is 10.5. The van der Waals surface area contributed by atoms with Crippen LogP contribution in [-0.2, 0) is 6.18 Å². The van der Waals surface area contributed by atoms with E-state index in [9.17, 15) is 13.2 Å². The second-order valence-electron chi connectivity index (χ2n) is 4.85. The Morgan fingerprint density at radius 3 is 2.22 bits per heavy atom. The van der Waals surface area contributed by atoms with Crippen LogP contribution in [0.4, 0.5) is 18.9 Å². The van der Waals surface area contributed by atoms with Gasteiger partial charge in [0.1, 0.15) is 0 Å². The minimum atomic E-state index is -4.26. The maximum Gasteiger partial charge on any atom is 0.416 e. The van der Waals surface area contributed by atoms with Crippen molar-refractivity contribution in [1.82, 2.24) is 4.90 Å². The van der Waals surface area contributed by atoms with Gasteiger partial charge in [-0.2, -0.15) is 13.2 Å². The molecule has 1 fully saturated rings. The lowest BCUT2D eigenvalue weighted by Gasteiger charge is -2.39. The van der Waals surface area contributed by atoms with Gasteiger partial charge in [-0.3, -0.25) is 0 Å². The van der Waals surface area contributed by atoms with Gasteiger partial charge >= 0.3 is 6.18 Å². The number of alkyl halides is 3. The van der Waals surface area contributed by atoms with Crippen LogP contribution in [0.5, 0.6) is 0 Å². The highest BCUT2D eigenvalue weighted by Crippen LogP contribution is 2.31. The van der Waals surface area contributed by atoms with Crippen molar-refractivity contribution in [2.75, 3.05) is 31.6 Å². The summed E-state index contributed by atoms with van der Waals surface area (Å²) < 4.78 is 37.4. The van der Waals surface area contributed by atoms with Crippen LogP contribution in [0.3, 0.4) is 0 Å². The number of benzene rings is 1. The molecule has 1 unspecified atom stereocenters. The Morgan fingerprint density at radius 2 is 1.72 bits per heavy atom. The van der Waals surface area contributed by atoms with E-state index >= 15 is 0 Å². The summed E-state index contributed by atoms with van der Waals surface area (Å²) in [5, 5.41) is 0. The summed E-state index contributed by atoms with van der Waals surface area (Å²) >= 11 is 0. The molecular formula is C13H17F3N2. The van der Waals surface area contributed by atoms with Gasteiger partial charge in [-0.05, 0) is 38.2 Å². The second-order valence-corrected chi connectivity index (χ2v) is 4.85. The third-order valence-corrected chi connectivity index (χ3v) is 3.36.